The molecule has 38 heavy (non-hydrogen) atoms. The first-order chi connectivity index (χ1) is 16.0. The highest BCUT2D eigenvalue weighted by atomic mass is 32.2. The van der Waals surface area contributed by atoms with Crippen molar-refractivity contribution in [2.75, 3.05) is 0 Å². The van der Waals surface area contributed by atoms with E-state index in [0.717, 1.165) is 0 Å². The summed E-state index contributed by atoms with van der Waals surface area (Å²) in [7, 11) is -7.89. The Bertz CT molecular complexity index is 1050. The van der Waals surface area contributed by atoms with Crippen LogP contribution >= 0.6 is 0 Å². The van der Waals surface area contributed by atoms with Crippen LogP contribution in [0.1, 0.15) is 20.3 Å². The fraction of sp³-hybridized carbons (Fsp3) is 0.857. The number of hydrogen-bond acceptors (Lipinski definition) is 4. The third-order valence-corrected chi connectivity index (χ3v) is 5.39. The number of hydrogen-bond donors (Lipinski definition) is 2. The Labute approximate surface area is 198 Å². The molecule has 1 saturated heterocycles. The fourth-order valence-electron chi connectivity index (χ4n) is 2.13. The van der Waals surface area contributed by atoms with Gasteiger partial charge in [0.2, 0.25) is 11.8 Å². The summed E-state index contributed by atoms with van der Waals surface area (Å²) in [6.07, 6.45) is -7.56. The Kier molecular flexibility index (Phi) is 8.70. The molecule has 0 aromatic carbocycles. The Hall–Kier alpha value is -2.14. The molecule has 0 unspecified atom stereocenters. The van der Waals surface area contributed by atoms with E-state index in [4.69, 9.17) is 4.55 Å². The van der Waals surface area contributed by atoms with Crippen molar-refractivity contribution in [1.29, 1.82) is 0 Å². The van der Waals surface area contributed by atoms with Crippen LogP contribution in [0.5, 0.6) is 0 Å². The predicted octanol–water partition coefficient (Wildman–Crippen LogP) is 4.90. The van der Waals surface area contributed by atoms with Gasteiger partial charge in [-0.3, -0.25) is 19.5 Å². The molecule has 6 nitrogen and oxygen atoms in total. The molecule has 2 N–H and O–H groups in total. The Balaban J connectivity index is 0.00000127. The second kappa shape index (κ2) is 9.21. The van der Waals surface area contributed by atoms with Crippen LogP contribution in [0.15, 0.2) is 0 Å². The van der Waals surface area contributed by atoms with E-state index >= 15 is 0 Å². The molecule has 226 valence electrons. The largest absolute Gasteiger partial charge is 0.460 e. The third-order valence-electron chi connectivity index (χ3n) is 4.49. The molecule has 0 bridgehead atoms. The van der Waals surface area contributed by atoms with E-state index in [9.17, 15) is 92.6 Å². The zero-order chi connectivity index (χ0) is 31.6. The molecule has 1 fully saturated rings. The van der Waals surface area contributed by atoms with Crippen LogP contribution in [0, 0.1) is 5.41 Å². The predicted molar refractivity (Wildman–Crippen MR) is 83.8 cm³/mol. The number of carbonyl (C=O) groups is 2. The molecule has 24 heteroatoms. The molecule has 0 atom stereocenters. The topological polar surface area (TPSA) is 101 Å². The maximum Gasteiger partial charge on any atom is 0.460 e. The van der Waals surface area contributed by atoms with E-state index in [-0.39, 0.29) is 11.8 Å². The van der Waals surface area contributed by atoms with Gasteiger partial charge in [-0.05, 0) is 0 Å². The van der Waals surface area contributed by atoms with E-state index in [2.05, 4.69) is 5.32 Å². The quantitative estimate of drug-likeness (QED) is 0.238. The van der Waals surface area contributed by atoms with Crippen molar-refractivity contribution in [2.24, 2.45) is 5.41 Å². The fourth-order valence-corrected chi connectivity index (χ4v) is 2.59. The Morgan fingerprint density at radius 2 is 0.921 bits per heavy atom. The van der Waals surface area contributed by atoms with Gasteiger partial charge in [-0.2, -0.15) is 83.1 Å². The van der Waals surface area contributed by atoms with Gasteiger partial charge in [0.15, 0.2) is 0 Å². The summed E-state index contributed by atoms with van der Waals surface area (Å²) in [5, 5.41) is -5.61. The van der Waals surface area contributed by atoms with E-state index in [1.165, 1.54) is 0 Å². The molecule has 0 aromatic rings. The summed E-state index contributed by atoms with van der Waals surface area (Å²) in [5.41, 5.74) is -0.475. The van der Waals surface area contributed by atoms with Crippen molar-refractivity contribution < 1.29 is 97.2 Å². The first-order valence-corrected chi connectivity index (χ1v) is 9.99. The molecule has 0 saturated carbocycles. The van der Waals surface area contributed by atoms with Gasteiger partial charge in [0.1, 0.15) is 0 Å². The van der Waals surface area contributed by atoms with Crippen molar-refractivity contribution in [1.82, 2.24) is 5.32 Å². The molecular formula is C14H10F17NO5S. The van der Waals surface area contributed by atoms with Crippen LogP contribution < -0.4 is 5.32 Å². The number of rotatable bonds is 7. The zero-order valence-corrected chi connectivity index (χ0v) is 18.4. The molecular weight excluding hydrogens is 617 g/mol. The van der Waals surface area contributed by atoms with Crippen LogP contribution in [0.4, 0.5) is 74.6 Å². The minimum atomic E-state index is -8.89. The second-order valence-electron chi connectivity index (χ2n) is 7.87. The zero-order valence-electron chi connectivity index (χ0n) is 17.6. The van der Waals surface area contributed by atoms with Gasteiger partial charge in [0, 0.05) is 6.42 Å². The van der Waals surface area contributed by atoms with Crippen LogP contribution in [-0.2, 0) is 19.7 Å². The summed E-state index contributed by atoms with van der Waals surface area (Å²) in [6, 6.07) is 0. The average Bonchev–Trinajstić information content (AvgIpc) is 2.88. The van der Waals surface area contributed by atoms with Crippen molar-refractivity contribution in [3.05, 3.63) is 0 Å². The third kappa shape index (κ3) is 5.08. The van der Waals surface area contributed by atoms with Crippen molar-refractivity contribution in [3.63, 3.8) is 0 Å². The first-order valence-electron chi connectivity index (χ1n) is 8.55. The van der Waals surface area contributed by atoms with Crippen LogP contribution in [-0.4, -0.2) is 71.8 Å². The lowest BCUT2D eigenvalue weighted by Gasteiger charge is -2.42. The molecule has 2 amide bonds. The molecule has 1 heterocycles. The number of carbonyl (C=O) groups excluding carboxylic acids is 2. The average molecular weight is 627 g/mol. The van der Waals surface area contributed by atoms with E-state index < -0.39 is 62.5 Å². The van der Waals surface area contributed by atoms with Crippen LogP contribution in [0.3, 0.4) is 0 Å². The van der Waals surface area contributed by atoms with Gasteiger partial charge in [0.05, 0.1) is 5.41 Å². The number of alkyl halides is 17. The summed E-state index contributed by atoms with van der Waals surface area (Å²) < 4.78 is 242. The summed E-state index contributed by atoms with van der Waals surface area (Å²) in [4.78, 5) is 21.3. The highest BCUT2D eigenvalue weighted by molar-refractivity contribution is 7.87. The molecule has 0 aromatic heterocycles. The van der Waals surface area contributed by atoms with Crippen molar-refractivity contribution in [3.8, 4) is 0 Å². The van der Waals surface area contributed by atoms with Gasteiger partial charge < -0.3 is 0 Å². The number of amides is 2. The lowest BCUT2D eigenvalue weighted by Crippen LogP contribution is -2.74. The van der Waals surface area contributed by atoms with Gasteiger partial charge in [-0.25, -0.2) is 0 Å². The standard InChI is InChI=1S/C8HF17O3S.C6H9NO2/c9-1(10,3(13,14)5(17,18)7(21,22)23)2(11,12)4(15,16)6(19,20)8(24,25)29(26,27)28;1-6(2)3-4(8)7-5(6)9/h(H,26,27,28);3H2,1-2H3,(H,7,8,9). The smallest absolute Gasteiger partial charge is 0.296 e. The van der Waals surface area contributed by atoms with E-state index in [1.807, 2.05) is 0 Å². The number of halogens is 17. The summed E-state index contributed by atoms with van der Waals surface area (Å²) in [6.45, 7) is 3.51. The Morgan fingerprint density at radius 3 is 1.11 bits per heavy atom. The summed E-state index contributed by atoms with van der Waals surface area (Å²) in [5.74, 6) is -52.3. The van der Waals surface area contributed by atoms with Crippen LogP contribution in [0.2, 0.25) is 0 Å². The molecule has 0 spiro atoms. The van der Waals surface area contributed by atoms with Gasteiger partial charge in [-0.1, -0.05) is 13.8 Å². The minimum Gasteiger partial charge on any atom is -0.296 e. The van der Waals surface area contributed by atoms with Crippen molar-refractivity contribution >= 4 is 21.9 Å². The highest BCUT2D eigenvalue weighted by Gasteiger charge is 2.96. The first kappa shape index (κ1) is 35.9. The van der Waals surface area contributed by atoms with Gasteiger partial charge >= 0.3 is 57.1 Å². The van der Waals surface area contributed by atoms with E-state index in [0.29, 0.717) is 6.42 Å². The van der Waals surface area contributed by atoms with Gasteiger partial charge in [-0.15, -0.1) is 0 Å². The van der Waals surface area contributed by atoms with Crippen molar-refractivity contribution in [2.45, 2.75) is 67.2 Å². The van der Waals surface area contributed by atoms with E-state index in [1.54, 1.807) is 13.8 Å². The maximum absolute atomic E-state index is 13.0. The number of imide groups is 1. The molecule has 1 aliphatic heterocycles. The molecule has 0 aliphatic carbocycles. The van der Waals surface area contributed by atoms with Crippen LogP contribution in [0.25, 0.3) is 0 Å². The highest BCUT2D eigenvalue weighted by Crippen LogP contribution is 2.64. The molecule has 0 radical (unpaired) electrons. The SMILES string of the molecule is CC1(C)CC(=O)NC1=O.O=S(=O)(O)C(F)(F)C(F)(F)C(F)(F)C(F)(F)C(F)(F)C(F)(F)C(F)(F)C(F)(F)F. The second-order valence-corrected chi connectivity index (χ2v) is 9.34. The monoisotopic (exact) mass is 627 g/mol. The van der Waals surface area contributed by atoms with Gasteiger partial charge in [0.25, 0.3) is 0 Å². The number of nitrogens with one attached hydrogen (secondary N) is 1. The lowest BCUT2D eigenvalue weighted by molar-refractivity contribution is -0.458. The molecule has 1 rings (SSSR count). The minimum absolute atomic E-state index is 0.160. The normalized spacial score (nSPS) is 18.6. The molecule has 1 aliphatic rings. The summed E-state index contributed by atoms with van der Waals surface area (Å²) >= 11 is 0. The Morgan fingerprint density at radius 1 is 0.632 bits per heavy atom. The maximum atomic E-state index is 13.0. The lowest BCUT2D eigenvalue weighted by atomic mass is 9.91.